The molecule has 0 aliphatic rings. The van der Waals surface area contributed by atoms with E-state index in [0.29, 0.717) is 25.5 Å². The number of carbonyl (C=O) groups is 1. The molecular weight excluding hydrogens is 304 g/mol. The number of carboxylic acids is 1. The van der Waals surface area contributed by atoms with Crippen molar-refractivity contribution in [1.82, 2.24) is 15.3 Å². The van der Waals surface area contributed by atoms with E-state index in [1.807, 2.05) is 37.3 Å². The fourth-order valence-corrected chi connectivity index (χ4v) is 2.28. The Bertz CT molecular complexity index is 617. The highest BCUT2D eigenvalue weighted by Crippen LogP contribution is 2.06. The third-order valence-electron chi connectivity index (χ3n) is 3.70. The van der Waals surface area contributed by atoms with Crippen LogP contribution in [0.4, 0.5) is 5.95 Å². The summed E-state index contributed by atoms with van der Waals surface area (Å²) in [4.78, 5) is 19.7. The molecular formula is C18H24N4O2. The Hall–Kier alpha value is -2.47. The highest BCUT2D eigenvalue weighted by atomic mass is 16.4. The number of aliphatic carboxylic acids is 1. The molecule has 6 heteroatoms. The van der Waals surface area contributed by atoms with Crippen molar-refractivity contribution in [2.24, 2.45) is 0 Å². The van der Waals surface area contributed by atoms with Gasteiger partial charge < -0.3 is 15.7 Å². The van der Waals surface area contributed by atoms with Crippen LogP contribution in [0, 0.1) is 0 Å². The summed E-state index contributed by atoms with van der Waals surface area (Å²) < 4.78 is 0. The van der Waals surface area contributed by atoms with Gasteiger partial charge in [0.25, 0.3) is 0 Å². The minimum atomic E-state index is -0.814. The first-order valence-electron chi connectivity index (χ1n) is 8.24. The van der Waals surface area contributed by atoms with Crippen molar-refractivity contribution in [3.05, 3.63) is 53.9 Å². The molecule has 0 unspecified atom stereocenters. The lowest BCUT2D eigenvalue weighted by molar-refractivity contribution is -0.139. The van der Waals surface area contributed by atoms with Gasteiger partial charge in [0, 0.05) is 31.0 Å². The fraction of sp³-hybridized carbons (Fsp3) is 0.389. The summed E-state index contributed by atoms with van der Waals surface area (Å²) in [6.45, 7) is 3.16. The molecule has 1 heterocycles. The second-order valence-corrected chi connectivity index (χ2v) is 5.67. The van der Waals surface area contributed by atoms with Crippen LogP contribution >= 0.6 is 0 Å². The zero-order chi connectivity index (χ0) is 17.2. The van der Waals surface area contributed by atoms with Crippen LogP contribution in [0.15, 0.2) is 42.7 Å². The van der Waals surface area contributed by atoms with Gasteiger partial charge in [0.2, 0.25) is 5.95 Å². The molecule has 0 bridgehead atoms. The van der Waals surface area contributed by atoms with Crippen LogP contribution in [0.1, 0.15) is 37.3 Å². The molecule has 0 aliphatic carbocycles. The molecule has 0 aliphatic heterocycles. The predicted molar refractivity (Wildman–Crippen MR) is 93.6 cm³/mol. The molecule has 24 heavy (non-hydrogen) atoms. The van der Waals surface area contributed by atoms with E-state index in [-0.39, 0.29) is 0 Å². The summed E-state index contributed by atoms with van der Waals surface area (Å²) in [5, 5.41) is 15.4. The molecule has 2 rings (SSSR count). The van der Waals surface area contributed by atoms with E-state index in [9.17, 15) is 9.90 Å². The maximum absolute atomic E-state index is 11.2. The van der Waals surface area contributed by atoms with E-state index < -0.39 is 12.0 Å². The predicted octanol–water partition coefficient (Wildman–Crippen LogP) is 2.82. The van der Waals surface area contributed by atoms with Crippen LogP contribution in [0.3, 0.4) is 0 Å². The number of anilines is 1. The zero-order valence-corrected chi connectivity index (χ0v) is 13.9. The van der Waals surface area contributed by atoms with Crippen molar-refractivity contribution in [2.75, 3.05) is 5.32 Å². The van der Waals surface area contributed by atoms with E-state index in [2.05, 4.69) is 20.6 Å². The van der Waals surface area contributed by atoms with Gasteiger partial charge >= 0.3 is 5.97 Å². The van der Waals surface area contributed by atoms with Crippen LogP contribution in [-0.4, -0.2) is 27.1 Å². The van der Waals surface area contributed by atoms with Gasteiger partial charge in [-0.1, -0.05) is 50.1 Å². The number of nitrogens with one attached hydrogen (secondary N) is 2. The van der Waals surface area contributed by atoms with Crippen LogP contribution in [-0.2, 0) is 17.9 Å². The number of unbranched alkanes of at least 4 members (excludes halogenated alkanes) is 1. The average Bonchev–Trinajstić information content (AvgIpc) is 2.61. The lowest BCUT2D eigenvalue weighted by atomic mass is 10.1. The fourth-order valence-electron chi connectivity index (χ4n) is 2.28. The summed E-state index contributed by atoms with van der Waals surface area (Å²) in [5.74, 6) is -0.256. The molecule has 0 saturated carbocycles. The number of nitrogens with zero attached hydrogens (tertiary/aromatic N) is 2. The number of hydrogen-bond acceptors (Lipinski definition) is 5. The Morgan fingerprint density at radius 2 is 1.83 bits per heavy atom. The van der Waals surface area contributed by atoms with Crippen molar-refractivity contribution >= 4 is 11.9 Å². The summed E-state index contributed by atoms with van der Waals surface area (Å²) in [5.41, 5.74) is 2.02. The first-order chi connectivity index (χ1) is 11.7. The highest BCUT2D eigenvalue weighted by molar-refractivity contribution is 5.73. The maximum Gasteiger partial charge on any atom is 0.320 e. The second kappa shape index (κ2) is 9.62. The number of carboxylic acid groups (broad SMARTS) is 1. The van der Waals surface area contributed by atoms with Crippen molar-refractivity contribution in [3.8, 4) is 0 Å². The molecule has 0 saturated heterocycles. The van der Waals surface area contributed by atoms with Gasteiger partial charge in [0.1, 0.15) is 6.04 Å². The van der Waals surface area contributed by atoms with Crippen LogP contribution < -0.4 is 10.6 Å². The molecule has 6 nitrogen and oxygen atoms in total. The molecule has 0 radical (unpaired) electrons. The number of aromatic nitrogens is 2. The third-order valence-corrected chi connectivity index (χ3v) is 3.70. The molecule has 1 aromatic heterocycles. The van der Waals surface area contributed by atoms with Gasteiger partial charge in [-0.2, -0.15) is 0 Å². The second-order valence-electron chi connectivity index (χ2n) is 5.67. The minimum Gasteiger partial charge on any atom is -0.480 e. The Kier molecular flexibility index (Phi) is 7.17. The lowest BCUT2D eigenvalue weighted by Gasteiger charge is -2.13. The number of rotatable bonds is 10. The quantitative estimate of drug-likeness (QED) is 0.622. The number of benzene rings is 1. The molecule has 1 atom stereocenters. The average molecular weight is 328 g/mol. The summed E-state index contributed by atoms with van der Waals surface area (Å²) in [6.07, 6.45) is 5.93. The molecule has 0 fully saturated rings. The van der Waals surface area contributed by atoms with Crippen LogP contribution in [0.2, 0.25) is 0 Å². The molecule has 1 aromatic carbocycles. The van der Waals surface area contributed by atoms with Gasteiger partial charge in [-0.25, -0.2) is 9.97 Å². The van der Waals surface area contributed by atoms with Crippen molar-refractivity contribution in [1.29, 1.82) is 0 Å². The SMILES string of the molecule is CCCC[C@H](NCc1cnc(NCc2ccccc2)nc1)C(=O)O. The van der Waals surface area contributed by atoms with E-state index in [4.69, 9.17) is 0 Å². The summed E-state index contributed by atoms with van der Waals surface area (Å²) >= 11 is 0. The third kappa shape index (κ3) is 5.96. The molecule has 2 aromatic rings. The van der Waals surface area contributed by atoms with E-state index >= 15 is 0 Å². The number of hydrogen-bond donors (Lipinski definition) is 3. The van der Waals surface area contributed by atoms with Gasteiger partial charge in [0.15, 0.2) is 0 Å². The van der Waals surface area contributed by atoms with Crippen LogP contribution in [0.5, 0.6) is 0 Å². The molecule has 3 N–H and O–H groups in total. The first kappa shape index (κ1) is 17.9. The topological polar surface area (TPSA) is 87.1 Å². The zero-order valence-electron chi connectivity index (χ0n) is 13.9. The summed E-state index contributed by atoms with van der Waals surface area (Å²) in [6, 6.07) is 9.50. The van der Waals surface area contributed by atoms with Crippen LogP contribution in [0.25, 0.3) is 0 Å². The smallest absolute Gasteiger partial charge is 0.320 e. The van der Waals surface area contributed by atoms with Gasteiger partial charge in [0.05, 0.1) is 0 Å². The standard InChI is InChI=1S/C18H24N4O2/c1-2-3-9-16(17(23)24)19-11-15-12-21-18(22-13-15)20-10-14-7-5-4-6-8-14/h4-8,12-13,16,19H,2-3,9-11H2,1H3,(H,23,24)(H,20,21,22)/t16-/m0/s1. The molecule has 128 valence electrons. The Morgan fingerprint density at radius 1 is 1.12 bits per heavy atom. The summed E-state index contributed by atoms with van der Waals surface area (Å²) in [7, 11) is 0. The maximum atomic E-state index is 11.2. The Labute approximate surface area is 142 Å². The van der Waals surface area contributed by atoms with Crippen molar-refractivity contribution in [2.45, 2.75) is 45.3 Å². The Balaban J connectivity index is 1.81. The highest BCUT2D eigenvalue weighted by Gasteiger charge is 2.15. The molecule has 0 spiro atoms. The van der Waals surface area contributed by atoms with E-state index in [0.717, 1.165) is 24.0 Å². The molecule has 0 amide bonds. The minimum absolute atomic E-state index is 0.444. The van der Waals surface area contributed by atoms with Gasteiger partial charge in [-0.15, -0.1) is 0 Å². The van der Waals surface area contributed by atoms with Crippen molar-refractivity contribution < 1.29 is 9.90 Å². The first-order valence-corrected chi connectivity index (χ1v) is 8.24. The van der Waals surface area contributed by atoms with Crippen molar-refractivity contribution in [3.63, 3.8) is 0 Å². The van der Waals surface area contributed by atoms with E-state index in [1.54, 1.807) is 12.4 Å². The lowest BCUT2D eigenvalue weighted by Crippen LogP contribution is -2.36. The Morgan fingerprint density at radius 3 is 2.46 bits per heavy atom. The normalized spacial score (nSPS) is 11.9. The van der Waals surface area contributed by atoms with Gasteiger partial charge in [-0.3, -0.25) is 4.79 Å². The monoisotopic (exact) mass is 328 g/mol. The van der Waals surface area contributed by atoms with E-state index in [1.165, 1.54) is 0 Å². The largest absolute Gasteiger partial charge is 0.480 e. The van der Waals surface area contributed by atoms with Gasteiger partial charge in [-0.05, 0) is 12.0 Å².